The van der Waals surface area contributed by atoms with E-state index in [1.54, 1.807) is 6.92 Å². The number of nitrogens with one attached hydrogen (secondary N) is 1. The second-order valence-electron chi connectivity index (χ2n) is 5.03. The minimum atomic E-state index is -0.540. The molecule has 0 saturated carbocycles. The van der Waals surface area contributed by atoms with E-state index in [0.717, 1.165) is 11.3 Å². The summed E-state index contributed by atoms with van der Waals surface area (Å²) < 4.78 is 11.1. The van der Waals surface area contributed by atoms with Gasteiger partial charge in [0.1, 0.15) is 18.1 Å². The van der Waals surface area contributed by atoms with Crippen molar-refractivity contribution < 1.29 is 14.3 Å². The first-order valence-corrected chi connectivity index (χ1v) is 7.34. The zero-order valence-corrected chi connectivity index (χ0v) is 12.9. The fraction of sp³-hybridized carbons (Fsp3) is 0.278. The molecule has 0 aliphatic carbocycles. The average molecular weight is 299 g/mol. The molecule has 22 heavy (non-hydrogen) atoms. The molecule has 1 atom stereocenters. The number of benzene rings is 2. The Morgan fingerprint density at radius 3 is 2.55 bits per heavy atom. The van der Waals surface area contributed by atoms with Crippen LogP contribution < -0.4 is 14.8 Å². The van der Waals surface area contributed by atoms with Crippen molar-refractivity contribution in [2.24, 2.45) is 0 Å². The number of hydrogen-bond acceptors (Lipinski definition) is 3. The van der Waals surface area contributed by atoms with Crippen molar-refractivity contribution in [3.63, 3.8) is 0 Å². The van der Waals surface area contributed by atoms with Gasteiger partial charge in [-0.05, 0) is 43.7 Å². The van der Waals surface area contributed by atoms with Crippen LogP contribution in [0.25, 0.3) is 0 Å². The van der Waals surface area contributed by atoms with E-state index in [9.17, 15) is 4.79 Å². The predicted octanol–water partition coefficient (Wildman–Crippen LogP) is 2.96. The smallest absolute Gasteiger partial charge is 0.260 e. The second-order valence-corrected chi connectivity index (χ2v) is 5.03. The van der Waals surface area contributed by atoms with Gasteiger partial charge in [-0.1, -0.05) is 30.3 Å². The van der Waals surface area contributed by atoms with Gasteiger partial charge in [0.05, 0.1) is 6.54 Å². The molecule has 0 heterocycles. The Hall–Kier alpha value is -2.49. The fourth-order valence-corrected chi connectivity index (χ4v) is 1.95. The number of carbonyl (C=O) groups is 1. The number of aryl methyl sites for hydroxylation is 1. The van der Waals surface area contributed by atoms with Gasteiger partial charge in [0.25, 0.3) is 5.91 Å². The van der Waals surface area contributed by atoms with Gasteiger partial charge in [-0.15, -0.1) is 0 Å². The summed E-state index contributed by atoms with van der Waals surface area (Å²) in [5, 5.41) is 2.80. The van der Waals surface area contributed by atoms with E-state index in [0.29, 0.717) is 18.9 Å². The Morgan fingerprint density at radius 1 is 1.09 bits per heavy atom. The molecule has 0 spiro atoms. The molecule has 2 aromatic carbocycles. The summed E-state index contributed by atoms with van der Waals surface area (Å²) in [5.74, 6) is 1.33. The molecule has 0 bridgehead atoms. The predicted molar refractivity (Wildman–Crippen MR) is 86.2 cm³/mol. The molecule has 0 radical (unpaired) electrons. The highest BCUT2D eigenvalue weighted by atomic mass is 16.5. The maximum absolute atomic E-state index is 11.9. The zero-order valence-electron chi connectivity index (χ0n) is 12.9. The molecule has 0 saturated heterocycles. The molecule has 0 unspecified atom stereocenters. The highest BCUT2D eigenvalue weighted by molar-refractivity contribution is 5.80. The largest absolute Gasteiger partial charge is 0.492 e. The van der Waals surface area contributed by atoms with Gasteiger partial charge in [0, 0.05) is 0 Å². The summed E-state index contributed by atoms with van der Waals surface area (Å²) in [7, 11) is 0. The van der Waals surface area contributed by atoms with Crippen LogP contribution in [0.15, 0.2) is 54.6 Å². The van der Waals surface area contributed by atoms with E-state index < -0.39 is 6.10 Å². The molecule has 0 aliphatic rings. The molecule has 116 valence electrons. The van der Waals surface area contributed by atoms with Gasteiger partial charge in [-0.2, -0.15) is 0 Å². The lowest BCUT2D eigenvalue weighted by Gasteiger charge is -2.15. The van der Waals surface area contributed by atoms with Crippen LogP contribution in [0.1, 0.15) is 12.5 Å². The van der Waals surface area contributed by atoms with Crippen LogP contribution in [0.3, 0.4) is 0 Å². The lowest BCUT2D eigenvalue weighted by atomic mass is 10.2. The summed E-state index contributed by atoms with van der Waals surface area (Å²) >= 11 is 0. The van der Waals surface area contributed by atoms with Gasteiger partial charge in [0.15, 0.2) is 6.10 Å². The van der Waals surface area contributed by atoms with Crippen molar-refractivity contribution in [1.82, 2.24) is 5.32 Å². The van der Waals surface area contributed by atoms with Crippen molar-refractivity contribution in [1.29, 1.82) is 0 Å². The fourth-order valence-electron chi connectivity index (χ4n) is 1.95. The molecule has 0 fully saturated rings. The number of rotatable bonds is 7. The minimum absolute atomic E-state index is 0.156. The normalized spacial score (nSPS) is 11.5. The Balaban J connectivity index is 1.69. The molecular formula is C18H21NO3. The Kier molecular flexibility index (Phi) is 5.83. The van der Waals surface area contributed by atoms with Crippen LogP contribution in [-0.4, -0.2) is 25.2 Å². The number of hydrogen-bond donors (Lipinski definition) is 1. The zero-order chi connectivity index (χ0) is 15.8. The third-order valence-corrected chi connectivity index (χ3v) is 3.08. The summed E-state index contributed by atoms with van der Waals surface area (Å²) in [5.41, 5.74) is 1.14. The van der Waals surface area contributed by atoms with Crippen LogP contribution in [0.2, 0.25) is 0 Å². The molecule has 0 aliphatic heterocycles. The maximum atomic E-state index is 11.9. The topological polar surface area (TPSA) is 47.6 Å². The lowest BCUT2D eigenvalue weighted by Crippen LogP contribution is -2.38. The van der Waals surface area contributed by atoms with Crippen molar-refractivity contribution in [2.45, 2.75) is 20.0 Å². The first-order valence-electron chi connectivity index (χ1n) is 7.34. The molecular weight excluding hydrogens is 278 g/mol. The van der Waals surface area contributed by atoms with Crippen LogP contribution in [-0.2, 0) is 4.79 Å². The van der Waals surface area contributed by atoms with E-state index in [4.69, 9.17) is 9.47 Å². The number of ether oxygens (including phenoxy) is 2. The highest BCUT2D eigenvalue weighted by Crippen LogP contribution is 2.12. The quantitative estimate of drug-likeness (QED) is 0.800. The first kappa shape index (κ1) is 15.9. The number of amides is 1. The van der Waals surface area contributed by atoms with Crippen LogP contribution in [0.5, 0.6) is 11.5 Å². The van der Waals surface area contributed by atoms with Crippen LogP contribution >= 0.6 is 0 Å². The Labute approximate surface area is 131 Å². The summed E-state index contributed by atoms with van der Waals surface area (Å²) in [4.78, 5) is 11.9. The molecule has 4 nitrogen and oxygen atoms in total. The molecule has 2 aromatic rings. The molecule has 1 amide bonds. The summed E-state index contributed by atoms with van der Waals surface area (Å²) in [6, 6.07) is 17.1. The van der Waals surface area contributed by atoms with Gasteiger partial charge in [-0.3, -0.25) is 4.79 Å². The first-order chi connectivity index (χ1) is 10.6. The highest BCUT2D eigenvalue weighted by Gasteiger charge is 2.13. The number of para-hydroxylation sites is 1. The third-order valence-electron chi connectivity index (χ3n) is 3.08. The Morgan fingerprint density at radius 2 is 1.82 bits per heavy atom. The minimum Gasteiger partial charge on any atom is -0.492 e. The van der Waals surface area contributed by atoms with Crippen molar-refractivity contribution in [3.05, 3.63) is 60.2 Å². The van der Waals surface area contributed by atoms with Gasteiger partial charge >= 0.3 is 0 Å². The van der Waals surface area contributed by atoms with Gasteiger partial charge < -0.3 is 14.8 Å². The van der Waals surface area contributed by atoms with Crippen molar-refractivity contribution in [3.8, 4) is 11.5 Å². The van der Waals surface area contributed by atoms with Crippen LogP contribution in [0, 0.1) is 6.92 Å². The lowest BCUT2D eigenvalue weighted by molar-refractivity contribution is -0.127. The molecule has 4 heteroatoms. The van der Waals surface area contributed by atoms with Gasteiger partial charge in [-0.25, -0.2) is 0 Å². The number of carbonyl (C=O) groups excluding carboxylic acids is 1. The average Bonchev–Trinajstić information content (AvgIpc) is 2.52. The SMILES string of the molecule is Cc1cccc(OCCNC(=O)[C@H](C)Oc2ccccc2)c1. The van der Waals surface area contributed by atoms with E-state index in [1.807, 2.05) is 61.5 Å². The third kappa shape index (κ3) is 5.13. The van der Waals surface area contributed by atoms with E-state index in [2.05, 4.69) is 5.32 Å². The van der Waals surface area contributed by atoms with Crippen molar-refractivity contribution >= 4 is 5.91 Å². The van der Waals surface area contributed by atoms with Crippen LogP contribution in [0.4, 0.5) is 0 Å². The van der Waals surface area contributed by atoms with E-state index in [-0.39, 0.29) is 5.91 Å². The maximum Gasteiger partial charge on any atom is 0.260 e. The van der Waals surface area contributed by atoms with E-state index >= 15 is 0 Å². The van der Waals surface area contributed by atoms with Gasteiger partial charge in [0.2, 0.25) is 0 Å². The standard InChI is InChI=1S/C18H21NO3/c1-14-7-6-10-17(13-14)21-12-11-19-18(20)15(2)22-16-8-4-3-5-9-16/h3-10,13,15H,11-12H2,1-2H3,(H,19,20)/t15-/m0/s1. The summed E-state index contributed by atoms with van der Waals surface area (Å²) in [6.45, 7) is 4.60. The van der Waals surface area contributed by atoms with Crippen molar-refractivity contribution in [2.75, 3.05) is 13.2 Å². The Bertz CT molecular complexity index is 598. The molecule has 1 N–H and O–H groups in total. The molecule has 0 aromatic heterocycles. The van der Waals surface area contributed by atoms with E-state index in [1.165, 1.54) is 0 Å². The second kappa shape index (κ2) is 8.08. The monoisotopic (exact) mass is 299 g/mol. The molecule has 2 rings (SSSR count). The summed E-state index contributed by atoms with van der Waals surface area (Å²) in [6.07, 6.45) is -0.540.